The molecule has 0 atom stereocenters. The van der Waals surface area contributed by atoms with Crippen molar-refractivity contribution in [2.45, 2.75) is 13.3 Å². The van der Waals surface area contributed by atoms with Crippen LogP contribution in [0.4, 0.5) is 16.4 Å². The van der Waals surface area contributed by atoms with Gasteiger partial charge in [0.25, 0.3) is 0 Å². The molecule has 0 unspecified atom stereocenters. The summed E-state index contributed by atoms with van der Waals surface area (Å²) in [5, 5.41) is 13.2. The summed E-state index contributed by atoms with van der Waals surface area (Å²) in [4.78, 5) is 15.9. The Balaban J connectivity index is 1.91. The fourth-order valence-electron chi connectivity index (χ4n) is 2.34. The number of hydrogen-bond donors (Lipinski definition) is 4. The SMILES string of the molecule is CCCNC(=O)Nc1cc(-c2cc(Br)c3[nH]nc(N)c3c2)ccn1. The molecule has 24 heavy (non-hydrogen) atoms. The van der Waals surface area contributed by atoms with E-state index in [1.54, 1.807) is 6.20 Å². The van der Waals surface area contributed by atoms with Crippen LogP contribution < -0.4 is 16.4 Å². The first-order valence-corrected chi connectivity index (χ1v) is 8.32. The molecule has 0 aliphatic heterocycles. The molecule has 0 radical (unpaired) electrons. The van der Waals surface area contributed by atoms with E-state index in [0.717, 1.165) is 32.9 Å². The number of pyridine rings is 1. The molecule has 1 aromatic carbocycles. The highest BCUT2D eigenvalue weighted by atomic mass is 79.9. The normalized spacial score (nSPS) is 10.8. The number of nitrogens with one attached hydrogen (secondary N) is 3. The van der Waals surface area contributed by atoms with Gasteiger partial charge in [-0.05, 0) is 57.7 Å². The summed E-state index contributed by atoms with van der Waals surface area (Å²) < 4.78 is 0.867. The van der Waals surface area contributed by atoms with Crippen LogP contribution in [0.15, 0.2) is 34.9 Å². The van der Waals surface area contributed by atoms with E-state index < -0.39 is 0 Å². The summed E-state index contributed by atoms with van der Waals surface area (Å²) in [7, 11) is 0. The Morgan fingerprint density at radius 3 is 2.96 bits per heavy atom. The lowest BCUT2D eigenvalue weighted by molar-refractivity contribution is 0.252. The molecule has 7 nitrogen and oxygen atoms in total. The van der Waals surface area contributed by atoms with Gasteiger partial charge in [-0.2, -0.15) is 5.10 Å². The summed E-state index contributed by atoms with van der Waals surface area (Å²) in [6.45, 7) is 2.61. The van der Waals surface area contributed by atoms with Gasteiger partial charge in [-0.15, -0.1) is 0 Å². The van der Waals surface area contributed by atoms with Crippen LogP contribution in [-0.4, -0.2) is 27.8 Å². The van der Waals surface area contributed by atoms with Gasteiger partial charge in [-0.25, -0.2) is 9.78 Å². The lowest BCUT2D eigenvalue weighted by Gasteiger charge is -2.08. The van der Waals surface area contributed by atoms with E-state index in [-0.39, 0.29) is 6.03 Å². The van der Waals surface area contributed by atoms with Crippen molar-refractivity contribution in [3.63, 3.8) is 0 Å². The van der Waals surface area contributed by atoms with E-state index in [4.69, 9.17) is 5.73 Å². The fourth-order valence-corrected chi connectivity index (χ4v) is 2.89. The maximum atomic E-state index is 11.8. The van der Waals surface area contributed by atoms with Gasteiger partial charge in [-0.1, -0.05) is 6.92 Å². The molecule has 0 bridgehead atoms. The first-order chi connectivity index (χ1) is 11.6. The minimum Gasteiger partial charge on any atom is -0.382 e. The highest BCUT2D eigenvalue weighted by Gasteiger charge is 2.10. The number of fused-ring (bicyclic) bond motifs is 1. The number of benzene rings is 1. The standard InChI is InChI=1S/C16H17BrN6O/c1-2-4-20-16(24)21-13-8-9(3-5-19-13)10-6-11-14(12(17)7-10)22-23-15(11)18/h3,5-8H,2,4H2,1H3,(H3,18,22,23)(H2,19,20,21,24). The first-order valence-electron chi connectivity index (χ1n) is 7.53. The van der Waals surface area contributed by atoms with Crippen molar-refractivity contribution in [2.24, 2.45) is 0 Å². The number of H-pyrrole nitrogens is 1. The number of carbonyl (C=O) groups is 1. The van der Waals surface area contributed by atoms with Crippen LogP contribution in [0.5, 0.6) is 0 Å². The van der Waals surface area contributed by atoms with Crippen molar-refractivity contribution < 1.29 is 4.79 Å². The Morgan fingerprint density at radius 1 is 1.33 bits per heavy atom. The molecule has 0 spiro atoms. The third-order valence-corrected chi connectivity index (χ3v) is 4.15. The zero-order valence-electron chi connectivity index (χ0n) is 13.1. The third kappa shape index (κ3) is 3.33. The Bertz CT molecular complexity index is 891. The molecule has 0 saturated heterocycles. The first kappa shape index (κ1) is 16.3. The van der Waals surface area contributed by atoms with Crippen LogP contribution in [0.25, 0.3) is 22.0 Å². The number of amides is 2. The molecule has 2 amide bonds. The number of nitrogens with zero attached hydrogens (tertiary/aromatic N) is 2. The van der Waals surface area contributed by atoms with Crippen LogP contribution in [0.3, 0.4) is 0 Å². The van der Waals surface area contributed by atoms with Crippen LogP contribution in [0.1, 0.15) is 13.3 Å². The topological polar surface area (TPSA) is 109 Å². The maximum absolute atomic E-state index is 11.8. The predicted octanol–water partition coefficient (Wildman–Crippen LogP) is 3.50. The van der Waals surface area contributed by atoms with Crippen molar-refractivity contribution in [3.05, 3.63) is 34.9 Å². The van der Waals surface area contributed by atoms with E-state index in [2.05, 4.69) is 41.7 Å². The lowest BCUT2D eigenvalue weighted by atomic mass is 10.0. The van der Waals surface area contributed by atoms with Crippen LogP contribution >= 0.6 is 15.9 Å². The van der Waals surface area contributed by atoms with Gasteiger partial charge >= 0.3 is 6.03 Å². The molecule has 0 aliphatic rings. The smallest absolute Gasteiger partial charge is 0.320 e. The summed E-state index contributed by atoms with van der Waals surface area (Å²) in [5.41, 5.74) is 8.61. The Kier molecular flexibility index (Phi) is 4.66. The number of carbonyl (C=O) groups excluding carboxylic acids is 1. The molecular formula is C16H17BrN6O. The predicted molar refractivity (Wildman–Crippen MR) is 98.7 cm³/mol. The molecule has 0 aliphatic carbocycles. The molecule has 2 aromatic heterocycles. The van der Waals surface area contributed by atoms with Gasteiger partial charge in [0.1, 0.15) is 5.82 Å². The van der Waals surface area contributed by atoms with Crippen molar-refractivity contribution in [2.75, 3.05) is 17.6 Å². The van der Waals surface area contributed by atoms with Crippen LogP contribution in [0.2, 0.25) is 0 Å². The second-order valence-corrected chi connectivity index (χ2v) is 6.15. The third-order valence-electron chi connectivity index (χ3n) is 3.52. The molecule has 0 fully saturated rings. The van der Waals surface area contributed by atoms with Crippen molar-refractivity contribution >= 4 is 44.5 Å². The van der Waals surface area contributed by atoms with Gasteiger partial charge in [-0.3, -0.25) is 10.4 Å². The minimum atomic E-state index is -0.266. The number of aromatic nitrogens is 3. The van der Waals surface area contributed by atoms with Crippen molar-refractivity contribution in [3.8, 4) is 11.1 Å². The fraction of sp³-hybridized carbons (Fsp3) is 0.188. The summed E-state index contributed by atoms with van der Waals surface area (Å²) in [5.74, 6) is 0.927. The number of aromatic amines is 1. The number of nitrogens with two attached hydrogens (primary N) is 1. The Morgan fingerprint density at radius 2 is 2.17 bits per heavy atom. The summed E-state index contributed by atoms with van der Waals surface area (Å²) in [6, 6.07) is 7.34. The monoisotopic (exact) mass is 388 g/mol. The van der Waals surface area contributed by atoms with Crippen molar-refractivity contribution in [1.29, 1.82) is 0 Å². The largest absolute Gasteiger partial charge is 0.382 e. The maximum Gasteiger partial charge on any atom is 0.320 e. The van der Waals surface area contributed by atoms with E-state index in [1.165, 1.54) is 0 Å². The zero-order chi connectivity index (χ0) is 17.1. The van der Waals surface area contributed by atoms with E-state index in [1.807, 2.05) is 31.2 Å². The quantitative estimate of drug-likeness (QED) is 0.548. The second-order valence-electron chi connectivity index (χ2n) is 5.30. The minimum absolute atomic E-state index is 0.266. The molecule has 8 heteroatoms. The highest BCUT2D eigenvalue weighted by molar-refractivity contribution is 9.10. The molecule has 124 valence electrons. The Labute approximate surface area is 147 Å². The molecular weight excluding hydrogens is 372 g/mol. The lowest BCUT2D eigenvalue weighted by Crippen LogP contribution is -2.29. The average Bonchev–Trinajstić information content (AvgIpc) is 2.95. The van der Waals surface area contributed by atoms with E-state index in [0.29, 0.717) is 18.2 Å². The zero-order valence-corrected chi connectivity index (χ0v) is 14.6. The molecule has 2 heterocycles. The van der Waals surface area contributed by atoms with Gasteiger partial charge in [0.05, 0.1) is 5.52 Å². The summed E-state index contributed by atoms with van der Waals surface area (Å²) in [6.07, 6.45) is 2.53. The summed E-state index contributed by atoms with van der Waals surface area (Å²) >= 11 is 3.52. The number of hydrogen-bond acceptors (Lipinski definition) is 4. The molecule has 3 aromatic rings. The van der Waals surface area contributed by atoms with E-state index in [9.17, 15) is 4.79 Å². The van der Waals surface area contributed by atoms with Gasteiger partial charge < -0.3 is 11.1 Å². The number of nitrogen functional groups attached to an aromatic ring is 1. The van der Waals surface area contributed by atoms with Crippen LogP contribution in [-0.2, 0) is 0 Å². The van der Waals surface area contributed by atoms with Crippen molar-refractivity contribution in [1.82, 2.24) is 20.5 Å². The number of anilines is 2. The van der Waals surface area contributed by atoms with Gasteiger partial charge in [0.15, 0.2) is 5.82 Å². The molecule has 3 rings (SSSR count). The van der Waals surface area contributed by atoms with Gasteiger partial charge in [0, 0.05) is 22.6 Å². The number of rotatable bonds is 4. The molecule has 0 saturated carbocycles. The second kappa shape index (κ2) is 6.88. The Hall–Kier alpha value is -2.61. The molecule has 5 N–H and O–H groups in total. The highest BCUT2D eigenvalue weighted by Crippen LogP contribution is 2.32. The number of urea groups is 1. The van der Waals surface area contributed by atoms with Crippen LogP contribution in [0, 0.1) is 0 Å². The van der Waals surface area contributed by atoms with E-state index >= 15 is 0 Å². The number of halogens is 1. The average molecular weight is 389 g/mol. The van der Waals surface area contributed by atoms with Gasteiger partial charge in [0.2, 0.25) is 0 Å².